The van der Waals surface area contributed by atoms with E-state index in [9.17, 15) is 23.1 Å². The first kappa shape index (κ1) is 23.8. The number of alkyl halides is 3. The summed E-state index contributed by atoms with van der Waals surface area (Å²) in [5, 5.41) is 14.4. The fourth-order valence-corrected chi connectivity index (χ4v) is 3.38. The van der Waals surface area contributed by atoms with Crippen LogP contribution in [0.4, 0.5) is 13.2 Å². The van der Waals surface area contributed by atoms with Crippen LogP contribution in [0.2, 0.25) is 0 Å². The number of aryl methyl sites for hydroxylation is 1. The third kappa shape index (κ3) is 4.80. The Morgan fingerprint density at radius 2 is 1.69 bits per heavy atom. The second-order valence-corrected chi connectivity index (χ2v) is 8.86. The summed E-state index contributed by atoms with van der Waals surface area (Å²) in [7, 11) is 0. The van der Waals surface area contributed by atoms with Crippen LogP contribution in [0, 0.1) is 0 Å². The van der Waals surface area contributed by atoms with Gasteiger partial charge in [0.1, 0.15) is 5.75 Å². The molecule has 1 heterocycles. The van der Waals surface area contributed by atoms with Crippen LogP contribution in [0.15, 0.2) is 53.6 Å². The van der Waals surface area contributed by atoms with Gasteiger partial charge in [0, 0.05) is 0 Å². The lowest BCUT2D eigenvalue weighted by atomic mass is 9.87. The average Bonchev–Trinajstić information content (AvgIpc) is 3.11. The van der Waals surface area contributed by atoms with E-state index in [-0.39, 0.29) is 16.1 Å². The van der Waals surface area contributed by atoms with Crippen molar-refractivity contribution in [2.24, 2.45) is 5.10 Å². The number of hydrazone groups is 1. The van der Waals surface area contributed by atoms with E-state index >= 15 is 0 Å². The fourth-order valence-electron chi connectivity index (χ4n) is 3.38. The molecule has 1 amide bonds. The summed E-state index contributed by atoms with van der Waals surface area (Å²) in [4.78, 5) is 12.6. The lowest BCUT2D eigenvalue weighted by molar-refractivity contribution is -0.302. The predicted molar refractivity (Wildman–Crippen MR) is 115 cm³/mol. The number of ether oxygens (including phenoxy) is 1. The Labute approximate surface area is 185 Å². The van der Waals surface area contributed by atoms with Crippen LogP contribution >= 0.6 is 0 Å². The van der Waals surface area contributed by atoms with Gasteiger partial charge in [0.25, 0.3) is 11.6 Å². The molecule has 1 aliphatic rings. The molecule has 2 aromatic carbocycles. The molecule has 0 aromatic heterocycles. The third-order valence-corrected chi connectivity index (χ3v) is 5.45. The van der Waals surface area contributed by atoms with Gasteiger partial charge in [-0.3, -0.25) is 4.79 Å². The van der Waals surface area contributed by atoms with Gasteiger partial charge in [0.05, 0.1) is 12.1 Å². The first-order valence-corrected chi connectivity index (χ1v) is 10.4. The molecule has 2 aromatic rings. The van der Waals surface area contributed by atoms with Gasteiger partial charge in [0.15, 0.2) is 6.61 Å². The minimum absolute atomic E-state index is 0.0182. The minimum Gasteiger partial charge on any atom is -0.484 e. The quantitative estimate of drug-likeness (QED) is 0.714. The number of hydrogen-bond acceptors (Lipinski definition) is 4. The molecule has 1 atom stereocenters. The smallest absolute Gasteiger partial charge is 0.438 e. The van der Waals surface area contributed by atoms with E-state index in [1.807, 2.05) is 39.8 Å². The van der Waals surface area contributed by atoms with Gasteiger partial charge >= 0.3 is 6.18 Å². The predicted octanol–water partition coefficient (Wildman–Crippen LogP) is 4.81. The molecule has 8 heteroatoms. The van der Waals surface area contributed by atoms with Crippen LogP contribution in [0.5, 0.6) is 5.75 Å². The number of aliphatic hydroxyl groups is 1. The standard InChI is InChI=1S/C24H27F3N2O3/c1-5-16-6-8-17(9-7-16)20-14-23(31,24(25,26)27)29(28-20)21(30)15-32-19-12-10-18(11-13-19)22(2,3)4/h6-13,31H,5,14-15H2,1-4H3/t23-/m1/s1. The highest BCUT2D eigenvalue weighted by atomic mass is 19.4. The zero-order valence-corrected chi connectivity index (χ0v) is 18.5. The van der Waals surface area contributed by atoms with E-state index in [1.165, 1.54) is 0 Å². The van der Waals surface area contributed by atoms with Crippen LogP contribution in [-0.2, 0) is 16.6 Å². The largest absolute Gasteiger partial charge is 0.484 e. The Hall–Kier alpha value is -2.87. The maximum Gasteiger partial charge on any atom is 0.438 e. The Kier molecular flexibility index (Phi) is 6.38. The van der Waals surface area contributed by atoms with E-state index in [1.54, 1.807) is 36.4 Å². The molecule has 0 unspecified atom stereocenters. The van der Waals surface area contributed by atoms with E-state index in [4.69, 9.17) is 4.74 Å². The van der Waals surface area contributed by atoms with Gasteiger partial charge in [-0.25, -0.2) is 0 Å². The van der Waals surface area contributed by atoms with Gasteiger partial charge in [-0.05, 0) is 40.7 Å². The molecule has 1 aliphatic heterocycles. The van der Waals surface area contributed by atoms with Crippen molar-refractivity contribution in [1.29, 1.82) is 0 Å². The summed E-state index contributed by atoms with van der Waals surface area (Å²) in [5.41, 5.74) is -1.05. The van der Waals surface area contributed by atoms with Crippen molar-refractivity contribution in [3.63, 3.8) is 0 Å². The monoisotopic (exact) mass is 448 g/mol. The van der Waals surface area contributed by atoms with Gasteiger partial charge in [-0.1, -0.05) is 64.1 Å². The van der Waals surface area contributed by atoms with E-state index in [0.29, 0.717) is 11.3 Å². The second kappa shape index (κ2) is 8.58. The zero-order chi connectivity index (χ0) is 23.7. The Morgan fingerprint density at radius 3 is 2.19 bits per heavy atom. The number of amides is 1. The maximum absolute atomic E-state index is 13.7. The number of nitrogens with zero attached hydrogens (tertiary/aromatic N) is 2. The number of hydrogen-bond donors (Lipinski definition) is 1. The molecule has 3 rings (SSSR count). The normalized spacial score (nSPS) is 19.1. The van der Waals surface area contributed by atoms with Crippen LogP contribution in [0.3, 0.4) is 0 Å². The van der Waals surface area contributed by atoms with Gasteiger partial charge < -0.3 is 9.84 Å². The molecule has 0 aliphatic carbocycles. The van der Waals surface area contributed by atoms with Gasteiger partial charge in [0.2, 0.25) is 0 Å². The van der Waals surface area contributed by atoms with Gasteiger partial charge in [-0.2, -0.15) is 23.3 Å². The van der Waals surface area contributed by atoms with Crippen LogP contribution < -0.4 is 4.74 Å². The Balaban J connectivity index is 1.79. The van der Waals surface area contributed by atoms with E-state index < -0.39 is 30.8 Å². The number of carbonyl (C=O) groups is 1. The fraction of sp³-hybridized carbons (Fsp3) is 0.417. The molecule has 0 saturated carbocycles. The van der Waals surface area contributed by atoms with Crippen LogP contribution in [0.1, 0.15) is 50.8 Å². The molecule has 0 spiro atoms. The first-order valence-electron chi connectivity index (χ1n) is 10.4. The Morgan fingerprint density at radius 1 is 1.09 bits per heavy atom. The first-order chi connectivity index (χ1) is 14.8. The lowest BCUT2D eigenvalue weighted by Gasteiger charge is -2.32. The molecule has 0 radical (unpaired) electrons. The van der Waals surface area contributed by atoms with Crippen molar-refractivity contribution in [3.8, 4) is 5.75 Å². The minimum atomic E-state index is -5.09. The van der Waals surface area contributed by atoms with Gasteiger partial charge in [-0.15, -0.1) is 0 Å². The topological polar surface area (TPSA) is 62.1 Å². The summed E-state index contributed by atoms with van der Waals surface area (Å²) < 4.78 is 46.6. The highest BCUT2D eigenvalue weighted by Gasteiger charge is 2.63. The van der Waals surface area contributed by atoms with Crippen molar-refractivity contribution < 1.29 is 27.8 Å². The summed E-state index contributed by atoms with van der Waals surface area (Å²) in [6.07, 6.45) is -5.17. The average molecular weight is 448 g/mol. The number of carbonyl (C=O) groups excluding carboxylic acids is 1. The Bertz CT molecular complexity index is 993. The molecular weight excluding hydrogens is 421 g/mol. The summed E-state index contributed by atoms with van der Waals surface area (Å²) in [6, 6.07) is 13.8. The van der Waals surface area contributed by atoms with E-state index in [0.717, 1.165) is 17.5 Å². The van der Waals surface area contributed by atoms with Crippen molar-refractivity contribution in [2.75, 3.05) is 6.61 Å². The maximum atomic E-state index is 13.7. The summed E-state index contributed by atoms with van der Waals surface area (Å²) >= 11 is 0. The molecular formula is C24H27F3N2O3. The second-order valence-electron chi connectivity index (χ2n) is 8.86. The zero-order valence-electron chi connectivity index (χ0n) is 18.5. The van der Waals surface area contributed by atoms with E-state index in [2.05, 4.69) is 5.10 Å². The molecule has 0 fully saturated rings. The SMILES string of the molecule is CCc1ccc(C2=NN(C(=O)COc3ccc(C(C)(C)C)cc3)[C@](O)(C(F)(F)F)C2)cc1. The van der Waals surface area contributed by atoms with Crippen molar-refractivity contribution >= 4 is 11.6 Å². The lowest BCUT2D eigenvalue weighted by Crippen LogP contribution is -2.57. The molecule has 172 valence electrons. The molecule has 0 saturated heterocycles. The summed E-state index contributed by atoms with van der Waals surface area (Å²) in [5.74, 6) is -0.759. The van der Waals surface area contributed by atoms with Crippen molar-refractivity contribution in [3.05, 3.63) is 65.2 Å². The summed E-state index contributed by atoms with van der Waals surface area (Å²) in [6.45, 7) is 7.40. The third-order valence-electron chi connectivity index (χ3n) is 5.45. The highest BCUT2D eigenvalue weighted by molar-refractivity contribution is 6.03. The van der Waals surface area contributed by atoms with Crippen molar-refractivity contribution in [2.45, 2.75) is 57.9 Å². The molecule has 5 nitrogen and oxygen atoms in total. The van der Waals surface area contributed by atoms with Crippen molar-refractivity contribution in [1.82, 2.24) is 5.01 Å². The van der Waals surface area contributed by atoms with Crippen LogP contribution in [-0.4, -0.2) is 40.2 Å². The molecule has 32 heavy (non-hydrogen) atoms. The number of rotatable bonds is 5. The molecule has 0 bridgehead atoms. The van der Waals surface area contributed by atoms with Crippen LogP contribution in [0.25, 0.3) is 0 Å². The molecule has 1 N–H and O–H groups in total. The highest BCUT2D eigenvalue weighted by Crippen LogP contribution is 2.41. The number of halogens is 3. The number of benzene rings is 2.